The van der Waals surface area contributed by atoms with E-state index in [1.54, 1.807) is 86.0 Å². The van der Waals surface area contributed by atoms with E-state index in [1.807, 2.05) is 159 Å². The van der Waals surface area contributed by atoms with E-state index in [2.05, 4.69) is 84.0 Å². The number of amides is 8. The molecule has 28 heteroatoms. The summed E-state index contributed by atoms with van der Waals surface area (Å²) >= 11 is 0. The van der Waals surface area contributed by atoms with Crippen LogP contribution in [0, 0.1) is 27.7 Å². The second-order valence-electron chi connectivity index (χ2n) is 32.5. The summed E-state index contributed by atoms with van der Waals surface area (Å²) in [7, 11) is 0. The van der Waals surface area contributed by atoms with Crippen LogP contribution in [0.1, 0.15) is 145 Å². The molecule has 12 aromatic rings. The molecule has 28 nitrogen and oxygen atoms in total. The van der Waals surface area contributed by atoms with Gasteiger partial charge in [0.1, 0.15) is 0 Å². The maximum absolute atomic E-state index is 12.1. The third-order valence-corrected chi connectivity index (χ3v) is 22.8. The maximum atomic E-state index is 12.1. The van der Waals surface area contributed by atoms with Crippen molar-refractivity contribution >= 4 is 117 Å². The summed E-state index contributed by atoms with van der Waals surface area (Å²) in [4.78, 5) is 202. The SMILES string of the molecule is C.CC(c1ccc(CC(=O)/C=C/C(=O)O)cc1)c1ccc(CC(=O)/C=C/C(=O)O)cc1.CC(c1ccc(N2C(=O)C=CC2=O)cc1)c1ccc(N2C(=O)C=CC2=O)cc1.Cc1ccc(C(c2ccc(CC(=O)/C=C/C(=O)O)cc2)c2ccc(CC(=O)/C=C/C(=O)O)cc2)cc1C.Cc1ccc(C(c2ccc(N3C(=O)C=CC3=O)cc2)c2ccc(N3C(=O)C=CC3=O)cc2)cc1C.c1c[nH]cn1.c1c[nH]cn1. The number of imide groups is 4. The molecule has 0 radical (unpaired) electrons. The third-order valence-electron chi connectivity index (χ3n) is 22.8. The van der Waals surface area contributed by atoms with E-state index in [1.165, 1.54) is 70.9 Å². The molecule has 4 aliphatic heterocycles. The number of carbonyl (C=O) groups is 16. The summed E-state index contributed by atoms with van der Waals surface area (Å²) in [6, 6.07) is 72.4. The molecular weight excluding hydrogens is 1790 g/mol. The highest BCUT2D eigenvalue weighted by Gasteiger charge is 2.31. The Morgan fingerprint density at radius 2 is 0.461 bits per heavy atom. The molecule has 0 saturated carbocycles. The van der Waals surface area contributed by atoms with E-state index in [4.69, 9.17) is 20.4 Å². The number of anilines is 4. The van der Waals surface area contributed by atoms with Gasteiger partial charge in [-0.3, -0.25) is 57.5 Å². The highest BCUT2D eigenvalue weighted by molar-refractivity contribution is 6.30. The number of ketones is 4. The average molecular weight is 1890 g/mol. The molecule has 4 aliphatic rings. The Morgan fingerprint density at radius 3 is 0.638 bits per heavy atom. The van der Waals surface area contributed by atoms with Gasteiger partial charge in [-0.25, -0.2) is 48.7 Å². The van der Waals surface area contributed by atoms with Crippen molar-refractivity contribution in [3.63, 3.8) is 0 Å². The molecule has 141 heavy (non-hydrogen) atoms. The Morgan fingerprint density at radius 1 is 0.270 bits per heavy atom. The predicted octanol–water partition coefficient (Wildman–Crippen LogP) is 16.8. The van der Waals surface area contributed by atoms with Crippen LogP contribution in [0.5, 0.6) is 0 Å². The zero-order chi connectivity index (χ0) is 101. The minimum atomic E-state index is -1.16. The van der Waals surface area contributed by atoms with Crippen LogP contribution < -0.4 is 19.6 Å². The van der Waals surface area contributed by atoms with E-state index >= 15 is 0 Å². The number of carboxylic acids is 4. The molecule has 6 N–H and O–H groups in total. The van der Waals surface area contributed by atoms with Crippen molar-refractivity contribution in [2.75, 3.05) is 19.6 Å². The number of aliphatic carboxylic acids is 4. The molecule has 10 aromatic carbocycles. The van der Waals surface area contributed by atoms with Crippen molar-refractivity contribution in [1.82, 2.24) is 19.9 Å². The third kappa shape index (κ3) is 29.8. The van der Waals surface area contributed by atoms with Crippen molar-refractivity contribution in [2.45, 2.75) is 98.3 Å². The van der Waals surface area contributed by atoms with Gasteiger partial charge in [-0.2, -0.15) is 0 Å². The van der Waals surface area contributed by atoms with Crippen LogP contribution in [0.4, 0.5) is 22.7 Å². The minimum Gasteiger partial charge on any atom is -0.478 e. The van der Waals surface area contributed by atoms with Crippen molar-refractivity contribution in [3.8, 4) is 0 Å². The number of imidazole rings is 2. The fraction of sp³-hybridized carbons (Fsp3) is 0.133. The number of H-pyrrole nitrogens is 2. The van der Waals surface area contributed by atoms with Crippen molar-refractivity contribution < 1.29 is 97.1 Å². The number of aromatic amines is 2. The molecule has 0 atom stereocenters. The van der Waals surface area contributed by atoms with E-state index < -0.39 is 23.9 Å². The molecule has 712 valence electrons. The quantitative estimate of drug-likeness (QED) is 0.0138. The first-order valence-corrected chi connectivity index (χ1v) is 43.9. The van der Waals surface area contributed by atoms with Crippen molar-refractivity contribution in [1.29, 1.82) is 0 Å². The van der Waals surface area contributed by atoms with Crippen molar-refractivity contribution in [2.24, 2.45) is 0 Å². The Kier molecular flexibility index (Phi) is 37.4. The van der Waals surface area contributed by atoms with Gasteiger partial charge in [-0.05, 0) is 201 Å². The van der Waals surface area contributed by atoms with Gasteiger partial charge >= 0.3 is 23.9 Å². The zero-order valence-corrected chi connectivity index (χ0v) is 76.8. The predicted molar refractivity (Wildman–Crippen MR) is 533 cm³/mol. The summed E-state index contributed by atoms with van der Waals surface area (Å²) in [6.07, 6.45) is 28.3. The number of carbonyl (C=O) groups excluding carboxylic acids is 12. The Bertz CT molecular complexity index is 6410. The first kappa shape index (κ1) is 105. The molecule has 0 saturated heterocycles. The number of hydrogen-bond donors (Lipinski definition) is 6. The maximum Gasteiger partial charge on any atom is 0.328 e. The van der Waals surface area contributed by atoms with Gasteiger partial charge in [0, 0.05) is 147 Å². The van der Waals surface area contributed by atoms with Crippen LogP contribution in [0.3, 0.4) is 0 Å². The highest BCUT2D eigenvalue weighted by atomic mass is 16.4. The number of aromatic nitrogens is 4. The summed E-state index contributed by atoms with van der Waals surface area (Å²) < 4.78 is 0. The van der Waals surface area contributed by atoms with Crippen LogP contribution >= 0.6 is 0 Å². The Labute approximate surface area is 812 Å². The topological polar surface area (TPSA) is 424 Å². The normalized spacial score (nSPS) is 13.0. The molecule has 0 aliphatic carbocycles. The number of allylic oxidation sites excluding steroid dienone is 4. The number of hydrogen-bond acceptors (Lipinski definition) is 18. The molecular formula is C113H100N8O20. The average Bonchev–Trinajstić information content (AvgIpc) is 1.71. The zero-order valence-electron chi connectivity index (χ0n) is 76.8. The molecule has 16 rings (SSSR count). The number of nitrogens with zero attached hydrogens (tertiary/aromatic N) is 6. The van der Waals surface area contributed by atoms with Gasteiger partial charge in [0.25, 0.3) is 47.3 Å². The Hall–Kier alpha value is -18.3. The molecule has 0 unspecified atom stereocenters. The summed E-state index contributed by atoms with van der Waals surface area (Å²) in [6.45, 7) is 12.3. The van der Waals surface area contributed by atoms with Gasteiger partial charge in [-0.1, -0.05) is 203 Å². The Balaban J connectivity index is 0.000000187. The van der Waals surface area contributed by atoms with Gasteiger partial charge in [0.15, 0.2) is 23.1 Å². The monoisotopic (exact) mass is 1890 g/mol. The second-order valence-corrected chi connectivity index (χ2v) is 32.5. The van der Waals surface area contributed by atoms with Gasteiger partial charge in [-0.15, -0.1) is 0 Å². The first-order valence-electron chi connectivity index (χ1n) is 43.9. The lowest BCUT2D eigenvalue weighted by Gasteiger charge is -2.22. The molecule has 2 aromatic heterocycles. The fourth-order valence-corrected chi connectivity index (χ4v) is 15.1. The lowest BCUT2D eigenvalue weighted by Crippen LogP contribution is -2.29. The van der Waals surface area contributed by atoms with Gasteiger partial charge in [0.05, 0.1) is 35.4 Å². The molecule has 8 amide bonds. The van der Waals surface area contributed by atoms with E-state index in [-0.39, 0.29) is 127 Å². The second kappa shape index (κ2) is 50.3. The molecule has 0 fully saturated rings. The van der Waals surface area contributed by atoms with Crippen LogP contribution in [0.2, 0.25) is 0 Å². The smallest absolute Gasteiger partial charge is 0.328 e. The van der Waals surface area contributed by atoms with E-state index in [0.29, 0.717) is 22.7 Å². The highest BCUT2D eigenvalue weighted by Crippen LogP contribution is 2.39. The number of nitrogens with one attached hydrogen (secondary N) is 2. The fourth-order valence-electron chi connectivity index (χ4n) is 15.1. The largest absolute Gasteiger partial charge is 0.478 e. The lowest BCUT2D eigenvalue weighted by molar-refractivity contribution is -0.132. The van der Waals surface area contributed by atoms with E-state index in [0.717, 1.165) is 146 Å². The van der Waals surface area contributed by atoms with Crippen LogP contribution in [0.15, 0.2) is 365 Å². The van der Waals surface area contributed by atoms with Gasteiger partial charge < -0.3 is 30.4 Å². The van der Waals surface area contributed by atoms with E-state index in [9.17, 15) is 76.7 Å². The molecule has 0 spiro atoms. The minimum absolute atomic E-state index is 0. The molecule has 6 heterocycles. The van der Waals surface area contributed by atoms with Crippen LogP contribution in [0.25, 0.3) is 0 Å². The standard InChI is InChI=1S/C31H28O6.C29H22N2O4.C24H22O6.C22H16N2O4.2C3H4N2.CH4/c1-20-3-8-26(17-21(20)2)31(24-9-4-22(5-10-24)18-27(32)13-15-29(34)35)25-11-6-23(7-12-25)19-28(33)14-16-30(36)37;1-18-3-4-22(17-19(18)2)29(20-5-9-23(10-6-20)30-25(32)13-14-26(30)33)21-7-11-24(12-8-21)31-27(34)15-16-28(31)35;1-16(19-6-2-17(3-7-19)14-21(25)10-12-23(27)28)20-8-4-18(5-9-20)15-22(26)11-13-24(29)30;1-14(15-2-6-17(7-3-15)23-19(25)10-11-20(23)26)16-4-8-18(9-5-16)24-21(27)12-13-22(24)28;2*1-2-5-3-4-1;/h3-17,31H,18-19H2,1-2H3,(H,34,35)(H,36,37);3-17,29H,1-2H3;2-13,16H,14-15H2,1H3,(H,27,28)(H,29,30);2-14H,1H3;2*1-3H,(H,4,5);1H4/b15-13+,16-14+;;12-10+,13-11+;;;;. The van der Waals surface area contributed by atoms with Crippen molar-refractivity contribution in [3.05, 3.63) is 465 Å². The number of carboxylic acid groups (broad SMARTS) is 4. The number of benzene rings is 10. The van der Waals surface area contributed by atoms with Crippen LogP contribution in [-0.4, -0.2) is 135 Å². The first-order chi connectivity index (χ1) is 67.1. The van der Waals surface area contributed by atoms with Crippen LogP contribution in [-0.2, 0) is 102 Å². The number of rotatable bonds is 30. The summed E-state index contributed by atoms with van der Waals surface area (Å²) in [5, 5.41) is 34.5. The lowest BCUT2D eigenvalue weighted by atomic mass is 9.83. The van der Waals surface area contributed by atoms with Gasteiger partial charge in [0.2, 0.25) is 0 Å². The molecule has 0 bridgehead atoms. The summed E-state index contributed by atoms with van der Waals surface area (Å²) in [5.41, 5.74) is 20.3. The number of aryl methyl sites for hydroxylation is 4. The summed E-state index contributed by atoms with van der Waals surface area (Å²) in [5.74, 6) is -8.64.